The standard InChI is InChI=1S/C14H20N2O2/c1-2-7-18-11-12-10-13(15)3-4-14(12)16-5-8-17-9-6-16/h2-4,10H,1,5-9,11,15H2. The van der Waals surface area contributed by atoms with E-state index in [0.29, 0.717) is 13.2 Å². The Bertz CT molecular complexity index is 401. The Morgan fingerprint density at radius 3 is 2.89 bits per heavy atom. The summed E-state index contributed by atoms with van der Waals surface area (Å²) in [4.78, 5) is 2.32. The van der Waals surface area contributed by atoms with Crippen molar-refractivity contribution in [2.45, 2.75) is 6.61 Å². The normalized spacial score (nSPS) is 15.7. The monoisotopic (exact) mass is 248 g/mol. The van der Waals surface area contributed by atoms with Crippen LogP contribution in [0.3, 0.4) is 0 Å². The fourth-order valence-corrected chi connectivity index (χ4v) is 2.09. The van der Waals surface area contributed by atoms with Gasteiger partial charge in [0.25, 0.3) is 0 Å². The average Bonchev–Trinajstić information content (AvgIpc) is 2.40. The van der Waals surface area contributed by atoms with Gasteiger partial charge < -0.3 is 20.1 Å². The van der Waals surface area contributed by atoms with E-state index in [0.717, 1.165) is 37.6 Å². The Morgan fingerprint density at radius 2 is 2.17 bits per heavy atom. The molecule has 0 spiro atoms. The second-order valence-corrected chi connectivity index (χ2v) is 4.29. The number of morpholine rings is 1. The molecule has 0 aliphatic carbocycles. The summed E-state index contributed by atoms with van der Waals surface area (Å²) < 4.78 is 10.9. The van der Waals surface area contributed by atoms with E-state index < -0.39 is 0 Å². The van der Waals surface area contributed by atoms with Gasteiger partial charge in [0.1, 0.15) is 0 Å². The highest BCUT2D eigenvalue weighted by molar-refractivity contribution is 5.59. The first-order valence-corrected chi connectivity index (χ1v) is 6.21. The number of hydrogen-bond acceptors (Lipinski definition) is 4. The van der Waals surface area contributed by atoms with Gasteiger partial charge in [0.05, 0.1) is 26.4 Å². The molecule has 98 valence electrons. The van der Waals surface area contributed by atoms with Crippen molar-refractivity contribution in [1.82, 2.24) is 0 Å². The molecule has 0 aromatic heterocycles. The molecule has 0 bridgehead atoms. The van der Waals surface area contributed by atoms with Crippen molar-refractivity contribution < 1.29 is 9.47 Å². The molecule has 4 heteroatoms. The molecule has 0 atom stereocenters. The van der Waals surface area contributed by atoms with Crippen LogP contribution >= 0.6 is 0 Å². The van der Waals surface area contributed by atoms with Crippen LogP contribution in [0.15, 0.2) is 30.9 Å². The Morgan fingerprint density at radius 1 is 1.39 bits per heavy atom. The first-order valence-electron chi connectivity index (χ1n) is 6.21. The summed E-state index contributed by atoms with van der Waals surface area (Å²) in [7, 11) is 0. The fourth-order valence-electron chi connectivity index (χ4n) is 2.09. The molecule has 18 heavy (non-hydrogen) atoms. The lowest BCUT2D eigenvalue weighted by molar-refractivity contribution is 0.121. The minimum atomic E-state index is 0.553. The number of rotatable bonds is 5. The van der Waals surface area contributed by atoms with Crippen molar-refractivity contribution >= 4 is 11.4 Å². The molecular weight excluding hydrogens is 228 g/mol. The zero-order valence-corrected chi connectivity index (χ0v) is 10.6. The van der Waals surface area contributed by atoms with Gasteiger partial charge in [-0.1, -0.05) is 6.08 Å². The minimum Gasteiger partial charge on any atom is -0.399 e. The Balaban J connectivity index is 2.13. The van der Waals surface area contributed by atoms with Crippen LogP contribution in [0.1, 0.15) is 5.56 Å². The number of benzene rings is 1. The van der Waals surface area contributed by atoms with Crippen LogP contribution in [-0.2, 0) is 16.1 Å². The summed E-state index contributed by atoms with van der Waals surface area (Å²) in [6.45, 7) is 8.14. The summed E-state index contributed by atoms with van der Waals surface area (Å²) >= 11 is 0. The molecule has 0 amide bonds. The first-order chi connectivity index (χ1) is 8.81. The molecule has 2 N–H and O–H groups in total. The van der Waals surface area contributed by atoms with Gasteiger partial charge in [0, 0.05) is 30.0 Å². The lowest BCUT2D eigenvalue weighted by Crippen LogP contribution is -2.36. The van der Waals surface area contributed by atoms with Crippen LogP contribution in [0.25, 0.3) is 0 Å². The van der Waals surface area contributed by atoms with Gasteiger partial charge in [0.15, 0.2) is 0 Å². The predicted molar refractivity (Wildman–Crippen MR) is 73.7 cm³/mol. The van der Waals surface area contributed by atoms with Crippen LogP contribution in [0, 0.1) is 0 Å². The molecule has 0 saturated carbocycles. The molecule has 1 aliphatic rings. The topological polar surface area (TPSA) is 47.7 Å². The van der Waals surface area contributed by atoms with Gasteiger partial charge in [-0.2, -0.15) is 0 Å². The van der Waals surface area contributed by atoms with E-state index in [4.69, 9.17) is 15.2 Å². The van der Waals surface area contributed by atoms with E-state index in [1.54, 1.807) is 6.08 Å². The van der Waals surface area contributed by atoms with Crippen LogP contribution in [-0.4, -0.2) is 32.9 Å². The van der Waals surface area contributed by atoms with Gasteiger partial charge in [-0.05, 0) is 18.2 Å². The molecule has 4 nitrogen and oxygen atoms in total. The maximum absolute atomic E-state index is 5.84. The summed E-state index contributed by atoms with van der Waals surface area (Å²) in [5, 5.41) is 0. The van der Waals surface area contributed by atoms with Crippen molar-refractivity contribution in [1.29, 1.82) is 0 Å². The van der Waals surface area contributed by atoms with Gasteiger partial charge in [-0.15, -0.1) is 6.58 Å². The number of nitrogens with zero attached hydrogens (tertiary/aromatic N) is 1. The SMILES string of the molecule is C=CCOCc1cc(N)ccc1N1CCOCC1. The molecular formula is C14H20N2O2. The van der Waals surface area contributed by atoms with Gasteiger partial charge in [-0.3, -0.25) is 0 Å². The molecule has 1 heterocycles. The van der Waals surface area contributed by atoms with Crippen LogP contribution in [0.4, 0.5) is 11.4 Å². The van der Waals surface area contributed by atoms with Crippen LogP contribution in [0.2, 0.25) is 0 Å². The Labute approximate surface area is 108 Å². The van der Waals surface area contributed by atoms with E-state index in [1.165, 1.54) is 5.69 Å². The van der Waals surface area contributed by atoms with Crippen LogP contribution in [0.5, 0.6) is 0 Å². The van der Waals surface area contributed by atoms with Gasteiger partial charge in [-0.25, -0.2) is 0 Å². The van der Waals surface area contributed by atoms with Crippen molar-refractivity contribution in [3.05, 3.63) is 36.4 Å². The molecule has 1 aromatic rings. The third-order valence-electron chi connectivity index (χ3n) is 2.95. The highest BCUT2D eigenvalue weighted by atomic mass is 16.5. The average molecular weight is 248 g/mol. The zero-order chi connectivity index (χ0) is 12.8. The van der Waals surface area contributed by atoms with E-state index in [-0.39, 0.29) is 0 Å². The van der Waals surface area contributed by atoms with Crippen molar-refractivity contribution in [3.63, 3.8) is 0 Å². The second-order valence-electron chi connectivity index (χ2n) is 4.29. The Kier molecular flexibility index (Phi) is 4.61. The lowest BCUT2D eigenvalue weighted by atomic mass is 10.1. The van der Waals surface area contributed by atoms with Gasteiger partial charge in [0.2, 0.25) is 0 Å². The number of nitrogen functional groups attached to an aromatic ring is 1. The molecule has 1 aliphatic heterocycles. The molecule has 1 aromatic carbocycles. The van der Waals surface area contributed by atoms with E-state index >= 15 is 0 Å². The van der Waals surface area contributed by atoms with E-state index in [2.05, 4.69) is 17.5 Å². The largest absolute Gasteiger partial charge is 0.399 e. The zero-order valence-electron chi connectivity index (χ0n) is 10.6. The first kappa shape index (κ1) is 12.9. The molecule has 0 radical (unpaired) electrons. The highest BCUT2D eigenvalue weighted by Crippen LogP contribution is 2.24. The predicted octanol–water partition coefficient (Wildman–Crippen LogP) is 1.81. The summed E-state index contributed by atoms with van der Waals surface area (Å²) in [5.74, 6) is 0. The van der Waals surface area contributed by atoms with Crippen molar-refractivity contribution in [2.24, 2.45) is 0 Å². The molecule has 1 fully saturated rings. The lowest BCUT2D eigenvalue weighted by Gasteiger charge is -2.30. The molecule has 0 unspecified atom stereocenters. The van der Waals surface area contributed by atoms with Crippen LogP contribution < -0.4 is 10.6 Å². The van der Waals surface area contributed by atoms with Gasteiger partial charge >= 0.3 is 0 Å². The summed E-state index contributed by atoms with van der Waals surface area (Å²) in [5.41, 5.74) is 8.93. The number of hydrogen-bond donors (Lipinski definition) is 1. The number of nitrogens with two attached hydrogens (primary N) is 1. The third kappa shape index (κ3) is 3.24. The molecule has 2 rings (SSSR count). The maximum atomic E-state index is 5.84. The van der Waals surface area contributed by atoms with Crippen molar-refractivity contribution in [3.8, 4) is 0 Å². The number of ether oxygens (including phenoxy) is 2. The summed E-state index contributed by atoms with van der Waals surface area (Å²) in [6, 6.07) is 5.98. The van der Waals surface area contributed by atoms with E-state index in [1.807, 2.05) is 12.1 Å². The van der Waals surface area contributed by atoms with E-state index in [9.17, 15) is 0 Å². The van der Waals surface area contributed by atoms with Crippen molar-refractivity contribution in [2.75, 3.05) is 43.5 Å². The smallest absolute Gasteiger partial charge is 0.0742 e. The number of anilines is 2. The third-order valence-corrected chi connectivity index (χ3v) is 2.95. The highest BCUT2D eigenvalue weighted by Gasteiger charge is 2.14. The minimum absolute atomic E-state index is 0.553. The maximum Gasteiger partial charge on any atom is 0.0742 e. The Hall–Kier alpha value is -1.52. The second kappa shape index (κ2) is 6.42. The summed E-state index contributed by atoms with van der Waals surface area (Å²) in [6.07, 6.45) is 1.75. The molecule has 1 saturated heterocycles. The fraction of sp³-hybridized carbons (Fsp3) is 0.429. The quantitative estimate of drug-likeness (QED) is 0.490.